The largest absolute Gasteiger partial charge is 0.309 e. The zero-order valence-corrected chi connectivity index (χ0v) is 32.2. The molecule has 0 fully saturated rings. The van der Waals surface area contributed by atoms with Crippen LogP contribution in [-0.4, -0.2) is 17.2 Å². The van der Waals surface area contributed by atoms with Crippen molar-refractivity contribution >= 4 is 72.4 Å². The standard InChI is InChI=1S/C54H36N2Si/c1-4-16-37(17-5-1)38-28-30-39(31-29-38)55-47-25-13-10-23-45(47)53-49(55)34-35-50-54(53)46-24-11-14-26-48(46)56(50)40-32-33-44-43-22-12-15-27-51(43)57(52(44)36-40,41-18-6-2-7-19-41)42-20-8-3-9-21-42/h1-36H. The van der Waals surface area contributed by atoms with Gasteiger partial charge in [0, 0.05) is 32.9 Å². The molecule has 0 atom stereocenters. The summed E-state index contributed by atoms with van der Waals surface area (Å²) in [4.78, 5) is 0. The number of hydrogen-bond acceptors (Lipinski definition) is 0. The third kappa shape index (κ3) is 4.52. The lowest BCUT2D eigenvalue weighted by Crippen LogP contribution is -2.72. The van der Waals surface area contributed by atoms with Crippen molar-refractivity contribution in [1.82, 2.24) is 9.13 Å². The van der Waals surface area contributed by atoms with Crippen LogP contribution in [0.3, 0.4) is 0 Å². The number of fused-ring (bicyclic) bond motifs is 10. The van der Waals surface area contributed by atoms with Gasteiger partial charge < -0.3 is 9.13 Å². The van der Waals surface area contributed by atoms with Crippen LogP contribution in [0.25, 0.3) is 77.2 Å². The zero-order valence-electron chi connectivity index (χ0n) is 31.2. The minimum absolute atomic E-state index is 1.16. The zero-order chi connectivity index (χ0) is 37.5. The fourth-order valence-corrected chi connectivity index (χ4v) is 15.3. The number of benzene rings is 9. The van der Waals surface area contributed by atoms with Crippen molar-refractivity contribution in [1.29, 1.82) is 0 Å². The predicted octanol–water partition coefficient (Wildman–Crippen LogP) is 10.9. The molecule has 3 heterocycles. The van der Waals surface area contributed by atoms with Crippen LogP contribution in [0, 0.1) is 0 Å². The molecule has 57 heavy (non-hydrogen) atoms. The summed E-state index contributed by atoms with van der Waals surface area (Å²) in [5.74, 6) is 0. The quantitative estimate of drug-likeness (QED) is 0.156. The molecule has 2 aromatic heterocycles. The summed E-state index contributed by atoms with van der Waals surface area (Å²) in [5.41, 5.74) is 12.3. The summed E-state index contributed by atoms with van der Waals surface area (Å²) in [6, 6.07) is 81.2. The van der Waals surface area contributed by atoms with E-state index in [-0.39, 0.29) is 0 Å². The molecule has 0 spiro atoms. The molecule has 0 radical (unpaired) electrons. The van der Waals surface area contributed by atoms with Gasteiger partial charge in [-0.25, -0.2) is 0 Å². The predicted molar refractivity (Wildman–Crippen MR) is 243 cm³/mol. The monoisotopic (exact) mass is 740 g/mol. The molecule has 12 rings (SSSR count). The molecule has 0 unspecified atom stereocenters. The molecule has 0 N–H and O–H groups in total. The van der Waals surface area contributed by atoms with E-state index in [0.717, 1.165) is 5.69 Å². The Morgan fingerprint density at radius 1 is 0.298 bits per heavy atom. The van der Waals surface area contributed by atoms with E-state index in [1.807, 2.05) is 0 Å². The lowest BCUT2D eigenvalue weighted by Gasteiger charge is -2.31. The summed E-state index contributed by atoms with van der Waals surface area (Å²) in [6.45, 7) is 0. The molecule has 1 aliphatic heterocycles. The third-order valence-corrected chi connectivity index (χ3v) is 17.3. The fraction of sp³-hybridized carbons (Fsp3) is 0. The first kappa shape index (κ1) is 32.1. The van der Waals surface area contributed by atoms with Crippen LogP contribution in [0.5, 0.6) is 0 Å². The van der Waals surface area contributed by atoms with Gasteiger partial charge in [0.15, 0.2) is 8.07 Å². The molecule has 0 saturated carbocycles. The Hall–Kier alpha value is -7.20. The van der Waals surface area contributed by atoms with E-state index < -0.39 is 8.07 Å². The van der Waals surface area contributed by atoms with Gasteiger partial charge in [0.05, 0.1) is 22.1 Å². The van der Waals surface area contributed by atoms with Crippen LogP contribution in [0.15, 0.2) is 218 Å². The number of nitrogens with zero attached hydrogens (tertiary/aromatic N) is 2. The molecule has 0 amide bonds. The molecule has 11 aromatic rings. The Balaban J connectivity index is 1.13. The fourth-order valence-electron chi connectivity index (χ4n) is 10.1. The van der Waals surface area contributed by atoms with Gasteiger partial charge in [-0.1, -0.05) is 170 Å². The van der Waals surface area contributed by atoms with Crippen molar-refractivity contribution in [3.63, 3.8) is 0 Å². The summed E-state index contributed by atoms with van der Waals surface area (Å²) in [7, 11) is -2.66. The van der Waals surface area contributed by atoms with Gasteiger partial charge in [0.2, 0.25) is 0 Å². The molecule has 0 saturated heterocycles. The first-order chi connectivity index (χ1) is 28.3. The summed E-state index contributed by atoms with van der Waals surface area (Å²) in [5, 5.41) is 10.8. The molecule has 266 valence electrons. The van der Waals surface area contributed by atoms with Crippen LogP contribution < -0.4 is 20.7 Å². The van der Waals surface area contributed by atoms with Gasteiger partial charge in [-0.05, 0) is 91.5 Å². The highest BCUT2D eigenvalue weighted by Crippen LogP contribution is 2.43. The average Bonchev–Trinajstić information content (AvgIpc) is 3.91. The summed E-state index contributed by atoms with van der Waals surface area (Å²) >= 11 is 0. The van der Waals surface area contributed by atoms with Crippen LogP contribution in [0.4, 0.5) is 0 Å². The van der Waals surface area contributed by atoms with Gasteiger partial charge in [-0.15, -0.1) is 0 Å². The van der Waals surface area contributed by atoms with Gasteiger partial charge >= 0.3 is 0 Å². The van der Waals surface area contributed by atoms with Crippen LogP contribution in [0.2, 0.25) is 0 Å². The lowest BCUT2D eigenvalue weighted by atomic mass is 10.1. The number of hydrogen-bond donors (Lipinski definition) is 0. The average molecular weight is 741 g/mol. The van der Waals surface area contributed by atoms with Crippen molar-refractivity contribution < 1.29 is 0 Å². The molecule has 0 bridgehead atoms. The van der Waals surface area contributed by atoms with Crippen molar-refractivity contribution in [3.8, 4) is 33.6 Å². The minimum atomic E-state index is -2.66. The van der Waals surface area contributed by atoms with E-state index in [1.165, 1.54) is 92.3 Å². The van der Waals surface area contributed by atoms with E-state index >= 15 is 0 Å². The van der Waals surface area contributed by atoms with Crippen molar-refractivity contribution in [3.05, 3.63) is 218 Å². The van der Waals surface area contributed by atoms with Crippen LogP contribution >= 0.6 is 0 Å². The van der Waals surface area contributed by atoms with E-state index in [9.17, 15) is 0 Å². The van der Waals surface area contributed by atoms with Crippen LogP contribution in [0.1, 0.15) is 0 Å². The van der Waals surface area contributed by atoms with E-state index in [2.05, 4.69) is 228 Å². The van der Waals surface area contributed by atoms with Crippen molar-refractivity contribution in [2.45, 2.75) is 0 Å². The number of aromatic nitrogens is 2. The summed E-state index contributed by atoms with van der Waals surface area (Å²) in [6.07, 6.45) is 0. The topological polar surface area (TPSA) is 9.86 Å². The first-order valence-electron chi connectivity index (χ1n) is 19.8. The van der Waals surface area contributed by atoms with Crippen molar-refractivity contribution in [2.75, 3.05) is 0 Å². The lowest BCUT2D eigenvalue weighted by molar-refractivity contribution is 1.17. The maximum Gasteiger partial charge on any atom is 0.180 e. The van der Waals surface area contributed by atoms with E-state index in [0.29, 0.717) is 0 Å². The molecule has 0 aliphatic carbocycles. The second kappa shape index (κ2) is 12.4. The number of rotatable bonds is 5. The SMILES string of the molecule is c1ccc(-c2ccc(-n3c4ccccc4c4c5c6ccccc6n(-c6ccc7c(c6)[Si](c6ccccc6)(c6ccccc6)c6ccccc6-7)c5ccc43)cc2)cc1. The Bertz CT molecular complexity index is 3280. The smallest absolute Gasteiger partial charge is 0.180 e. The Morgan fingerprint density at radius 3 is 1.37 bits per heavy atom. The number of para-hydroxylation sites is 2. The molecule has 3 heteroatoms. The Kier molecular flexibility index (Phi) is 6.98. The van der Waals surface area contributed by atoms with Crippen LogP contribution in [-0.2, 0) is 0 Å². The van der Waals surface area contributed by atoms with Crippen molar-refractivity contribution in [2.24, 2.45) is 0 Å². The van der Waals surface area contributed by atoms with Gasteiger partial charge in [0.25, 0.3) is 0 Å². The Labute approximate surface area is 332 Å². The first-order valence-corrected chi connectivity index (χ1v) is 21.8. The van der Waals surface area contributed by atoms with Gasteiger partial charge in [-0.3, -0.25) is 0 Å². The highest BCUT2D eigenvalue weighted by molar-refractivity contribution is 7.22. The Morgan fingerprint density at radius 2 is 0.754 bits per heavy atom. The van der Waals surface area contributed by atoms with Gasteiger partial charge in [0.1, 0.15) is 0 Å². The highest BCUT2D eigenvalue weighted by atomic mass is 28.3. The maximum atomic E-state index is 2.54. The molecule has 2 nitrogen and oxygen atoms in total. The third-order valence-electron chi connectivity index (χ3n) is 12.4. The highest BCUT2D eigenvalue weighted by Gasteiger charge is 2.48. The van der Waals surface area contributed by atoms with E-state index in [4.69, 9.17) is 0 Å². The second-order valence-corrected chi connectivity index (χ2v) is 19.0. The maximum absolute atomic E-state index is 2.66. The molecular weight excluding hydrogens is 705 g/mol. The van der Waals surface area contributed by atoms with E-state index in [1.54, 1.807) is 0 Å². The van der Waals surface area contributed by atoms with Gasteiger partial charge in [-0.2, -0.15) is 0 Å². The minimum Gasteiger partial charge on any atom is -0.309 e. The summed E-state index contributed by atoms with van der Waals surface area (Å²) < 4.78 is 4.96. The normalized spacial score (nSPS) is 13.1. The molecule has 9 aromatic carbocycles. The molecular formula is C54H36N2Si. The second-order valence-electron chi connectivity index (χ2n) is 15.2. The molecule has 1 aliphatic rings.